The summed E-state index contributed by atoms with van der Waals surface area (Å²) in [5.74, 6) is 0.105. The van der Waals surface area contributed by atoms with Crippen LogP contribution in [0.3, 0.4) is 0 Å². The molecule has 0 unspecified atom stereocenters. The summed E-state index contributed by atoms with van der Waals surface area (Å²) in [6.07, 6.45) is -1.73. The molecule has 1 aliphatic carbocycles. The van der Waals surface area contributed by atoms with Crippen LogP contribution in [0.5, 0.6) is 0 Å². The molecule has 2 heterocycles. The number of halogens is 3. The summed E-state index contributed by atoms with van der Waals surface area (Å²) < 4.78 is 38.9. The number of rotatable bonds is 3. The third-order valence-corrected chi connectivity index (χ3v) is 5.80. The lowest BCUT2D eigenvalue weighted by atomic mass is 9.76. The van der Waals surface area contributed by atoms with Gasteiger partial charge in [0.25, 0.3) is 0 Å². The van der Waals surface area contributed by atoms with E-state index in [0.29, 0.717) is 37.2 Å². The van der Waals surface area contributed by atoms with Gasteiger partial charge >= 0.3 is 6.18 Å². The smallest absolute Gasteiger partial charge is 0.337 e. The number of amides is 1. The molecule has 3 rings (SSSR count). The van der Waals surface area contributed by atoms with Crippen molar-refractivity contribution in [1.82, 2.24) is 15.2 Å². The maximum Gasteiger partial charge on any atom is 0.417 e. The van der Waals surface area contributed by atoms with Gasteiger partial charge in [-0.05, 0) is 37.4 Å². The van der Waals surface area contributed by atoms with Crippen LogP contribution >= 0.6 is 0 Å². The van der Waals surface area contributed by atoms with Gasteiger partial charge in [-0.25, -0.2) is 0 Å². The number of hydrogen-bond donors (Lipinski definition) is 2. The van der Waals surface area contributed by atoms with Gasteiger partial charge in [0.15, 0.2) is 0 Å². The lowest BCUT2D eigenvalue weighted by Crippen LogP contribution is -2.51. The number of nitrogens with two attached hydrogens (primary N) is 1. The minimum Gasteiger partial charge on any atom is -0.337 e. The average Bonchev–Trinajstić information content (AvgIpc) is 2.87. The Morgan fingerprint density at radius 3 is 2.81 bits per heavy atom. The number of nitrogens with zero attached hydrogens (tertiary/aromatic N) is 2. The Balaban J connectivity index is 1.86. The maximum absolute atomic E-state index is 13.3. The Bertz CT molecular complexity index is 694. The first kappa shape index (κ1) is 19.1. The summed E-state index contributed by atoms with van der Waals surface area (Å²) in [5.41, 5.74) is 5.86. The highest BCUT2D eigenvalue weighted by molar-refractivity contribution is 5.84. The summed E-state index contributed by atoms with van der Waals surface area (Å²) in [4.78, 5) is 19.0. The van der Waals surface area contributed by atoms with Crippen molar-refractivity contribution in [3.8, 4) is 0 Å². The molecule has 3 atom stereocenters. The molecule has 0 bridgehead atoms. The van der Waals surface area contributed by atoms with Crippen LogP contribution < -0.4 is 11.1 Å². The van der Waals surface area contributed by atoms with Gasteiger partial charge in [-0.15, -0.1) is 0 Å². The first-order valence-corrected chi connectivity index (χ1v) is 8.92. The van der Waals surface area contributed by atoms with Gasteiger partial charge in [-0.3, -0.25) is 9.78 Å². The number of hydrogen-bond acceptors (Lipinski definition) is 4. The Hall–Kier alpha value is -1.67. The quantitative estimate of drug-likeness (QED) is 0.853. The highest BCUT2D eigenvalue weighted by Crippen LogP contribution is 2.44. The number of fused-ring (bicyclic) bond motifs is 1. The van der Waals surface area contributed by atoms with E-state index in [1.807, 2.05) is 6.92 Å². The molecule has 0 spiro atoms. The standard InChI is InChI=1S/C18H25F3N4O/c1-11-5-14(22)7-17(11,10-23-2)16(26)25-4-3-15-12(9-25)6-13(8-24-15)18(19,20)21/h6,8,11,14,23H,3-5,7,9-10,22H2,1-2H3/t11-,14-,17+/m1/s1. The zero-order chi connectivity index (χ0) is 19.1. The summed E-state index contributed by atoms with van der Waals surface area (Å²) in [6.45, 7) is 3.18. The maximum atomic E-state index is 13.3. The number of carbonyl (C=O) groups excluding carboxylic acids is 1. The topological polar surface area (TPSA) is 71.2 Å². The van der Waals surface area contributed by atoms with Gasteiger partial charge in [-0.1, -0.05) is 6.92 Å². The highest BCUT2D eigenvalue weighted by atomic mass is 19.4. The van der Waals surface area contributed by atoms with E-state index >= 15 is 0 Å². The van der Waals surface area contributed by atoms with Gasteiger partial charge < -0.3 is 16.0 Å². The molecule has 1 fully saturated rings. The van der Waals surface area contributed by atoms with Crippen molar-refractivity contribution in [2.75, 3.05) is 20.1 Å². The second-order valence-corrected chi connectivity index (χ2v) is 7.59. The van der Waals surface area contributed by atoms with Crippen molar-refractivity contribution in [3.05, 3.63) is 29.1 Å². The fourth-order valence-electron chi connectivity index (χ4n) is 4.44. The molecular weight excluding hydrogens is 345 g/mol. The average molecular weight is 370 g/mol. The SMILES string of the molecule is CNC[C@@]1(C(=O)N2CCc3ncc(C(F)(F)F)cc3C2)C[C@H](N)C[C@H]1C. The molecule has 1 amide bonds. The Kier molecular flexibility index (Phi) is 5.00. The van der Waals surface area contributed by atoms with E-state index in [0.717, 1.165) is 18.7 Å². The van der Waals surface area contributed by atoms with Gasteiger partial charge in [0.2, 0.25) is 5.91 Å². The first-order valence-electron chi connectivity index (χ1n) is 8.92. The molecule has 1 saturated carbocycles. The summed E-state index contributed by atoms with van der Waals surface area (Å²) in [5, 5.41) is 3.11. The molecule has 26 heavy (non-hydrogen) atoms. The van der Waals surface area contributed by atoms with Crippen molar-refractivity contribution >= 4 is 5.91 Å². The monoisotopic (exact) mass is 370 g/mol. The van der Waals surface area contributed by atoms with Crippen LogP contribution in [0, 0.1) is 11.3 Å². The molecule has 8 heteroatoms. The molecule has 5 nitrogen and oxygen atoms in total. The molecule has 1 aromatic rings. The molecule has 1 aromatic heterocycles. The molecule has 0 saturated heterocycles. The zero-order valence-corrected chi connectivity index (χ0v) is 15.1. The van der Waals surface area contributed by atoms with Gasteiger partial charge in [0, 0.05) is 44.0 Å². The van der Waals surface area contributed by atoms with E-state index < -0.39 is 17.2 Å². The van der Waals surface area contributed by atoms with Crippen molar-refractivity contribution in [2.24, 2.45) is 17.1 Å². The predicted molar refractivity (Wildman–Crippen MR) is 91.1 cm³/mol. The van der Waals surface area contributed by atoms with Gasteiger partial charge in [0.05, 0.1) is 11.0 Å². The van der Waals surface area contributed by atoms with Crippen LogP contribution in [0.4, 0.5) is 13.2 Å². The van der Waals surface area contributed by atoms with Crippen LogP contribution in [0.25, 0.3) is 0 Å². The normalized spacial score (nSPS) is 28.9. The summed E-state index contributed by atoms with van der Waals surface area (Å²) in [6, 6.07) is 1.09. The number of nitrogens with one attached hydrogen (secondary N) is 1. The van der Waals surface area contributed by atoms with Crippen molar-refractivity contribution in [3.63, 3.8) is 0 Å². The largest absolute Gasteiger partial charge is 0.417 e. The fraction of sp³-hybridized carbons (Fsp3) is 0.667. The molecule has 2 aliphatic rings. The Morgan fingerprint density at radius 2 is 2.23 bits per heavy atom. The van der Waals surface area contributed by atoms with Gasteiger partial charge in [-0.2, -0.15) is 13.2 Å². The van der Waals surface area contributed by atoms with Gasteiger partial charge in [0.1, 0.15) is 0 Å². The molecule has 3 N–H and O–H groups in total. The molecule has 0 aromatic carbocycles. The minimum absolute atomic E-state index is 0.0182. The van der Waals surface area contributed by atoms with Crippen LogP contribution in [0.2, 0.25) is 0 Å². The number of alkyl halides is 3. The second kappa shape index (κ2) is 6.81. The third-order valence-electron chi connectivity index (χ3n) is 5.80. The van der Waals surface area contributed by atoms with Crippen LogP contribution in [-0.2, 0) is 23.9 Å². The molecule has 1 aliphatic heterocycles. The summed E-state index contributed by atoms with van der Waals surface area (Å²) >= 11 is 0. The lowest BCUT2D eigenvalue weighted by molar-refractivity contribution is -0.145. The van der Waals surface area contributed by atoms with E-state index in [9.17, 15) is 18.0 Å². The number of pyridine rings is 1. The Labute approximate surface area is 151 Å². The van der Waals surface area contributed by atoms with Crippen LogP contribution in [0.15, 0.2) is 12.3 Å². The molecule has 0 radical (unpaired) electrons. The highest BCUT2D eigenvalue weighted by Gasteiger charge is 2.51. The van der Waals surface area contributed by atoms with Crippen LogP contribution in [-0.4, -0.2) is 42.0 Å². The predicted octanol–water partition coefficient (Wildman–Crippen LogP) is 1.95. The van der Waals surface area contributed by atoms with Crippen molar-refractivity contribution in [1.29, 1.82) is 0 Å². The van der Waals surface area contributed by atoms with E-state index in [-0.39, 0.29) is 24.4 Å². The van der Waals surface area contributed by atoms with E-state index in [1.165, 1.54) is 0 Å². The Morgan fingerprint density at radius 1 is 1.50 bits per heavy atom. The number of carbonyl (C=O) groups is 1. The fourth-order valence-corrected chi connectivity index (χ4v) is 4.44. The van der Waals surface area contributed by atoms with E-state index in [4.69, 9.17) is 5.73 Å². The number of aromatic nitrogens is 1. The van der Waals surface area contributed by atoms with Crippen LogP contribution in [0.1, 0.15) is 36.6 Å². The third kappa shape index (κ3) is 3.32. The lowest BCUT2D eigenvalue weighted by Gasteiger charge is -2.39. The minimum atomic E-state index is -4.44. The van der Waals surface area contributed by atoms with E-state index in [2.05, 4.69) is 10.3 Å². The summed E-state index contributed by atoms with van der Waals surface area (Å²) in [7, 11) is 1.80. The van der Waals surface area contributed by atoms with Crippen molar-refractivity contribution < 1.29 is 18.0 Å². The first-order chi connectivity index (χ1) is 12.2. The molecular formula is C18H25F3N4O. The van der Waals surface area contributed by atoms with E-state index in [1.54, 1.807) is 11.9 Å². The van der Waals surface area contributed by atoms with Crippen molar-refractivity contribution in [2.45, 2.75) is 44.9 Å². The zero-order valence-electron chi connectivity index (χ0n) is 15.1. The molecule has 144 valence electrons. The second-order valence-electron chi connectivity index (χ2n) is 7.59.